The average molecular weight is 357 g/mol. The highest BCUT2D eigenvalue weighted by Crippen LogP contribution is 2.25. The fourth-order valence-corrected chi connectivity index (χ4v) is 3.04. The average Bonchev–Trinajstić information content (AvgIpc) is 2.91. The predicted octanol–water partition coefficient (Wildman–Crippen LogP) is 4.26. The Bertz CT molecular complexity index is 859. The molecule has 5 heteroatoms. The van der Waals surface area contributed by atoms with Gasteiger partial charge in [0, 0.05) is 28.2 Å². The van der Waals surface area contributed by atoms with E-state index < -0.39 is 0 Å². The van der Waals surface area contributed by atoms with Crippen LogP contribution in [0, 0.1) is 6.92 Å². The van der Waals surface area contributed by atoms with Crippen molar-refractivity contribution in [1.82, 2.24) is 10.3 Å². The van der Waals surface area contributed by atoms with Crippen molar-refractivity contribution in [2.45, 2.75) is 19.8 Å². The summed E-state index contributed by atoms with van der Waals surface area (Å²) in [5, 5.41) is 4.78. The molecule has 1 amide bonds. The molecule has 0 aliphatic carbocycles. The summed E-state index contributed by atoms with van der Waals surface area (Å²) in [7, 11) is 0. The van der Waals surface area contributed by atoms with Crippen molar-refractivity contribution in [3.05, 3.63) is 64.8 Å². The molecule has 0 atom stereocenters. The molecule has 4 nitrogen and oxygen atoms in total. The van der Waals surface area contributed by atoms with Gasteiger partial charge in [0.15, 0.2) is 0 Å². The summed E-state index contributed by atoms with van der Waals surface area (Å²) in [5.74, 6) is 0.771. The van der Waals surface area contributed by atoms with Crippen molar-refractivity contribution in [2.75, 3.05) is 13.2 Å². The monoisotopic (exact) mass is 356 g/mol. The molecule has 1 heterocycles. The molecule has 0 aliphatic heterocycles. The fourth-order valence-electron chi connectivity index (χ4n) is 2.87. The van der Waals surface area contributed by atoms with E-state index in [-0.39, 0.29) is 5.91 Å². The summed E-state index contributed by atoms with van der Waals surface area (Å²) in [5.41, 5.74) is 3.37. The van der Waals surface area contributed by atoms with Crippen molar-refractivity contribution in [3.63, 3.8) is 0 Å². The molecule has 0 aliphatic rings. The predicted molar refractivity (Wildman–Crippen MR) is 101 cm³/mol. The molecular weight excluding hydrogens is 336 g/mol. The van der Waals surface area contributed by atoms with Gasteiger partial charge >= 0.3 is 0 Å². The standard InChI is InChI=1S/C20H21ClN2O2/c1-14-17(18-13-15(21)7-8-19(18)23-14)9-11-22-20(24)10-12-25-16-5-3-2-4-6-16/h2-8,13,23H,9-12H2,1H3,(H,22,24). The molecule has 0 saturated carbocycles. The molecule has 3 rings (SSSR count). The SMILES string of the molecule is Cc1[nH]c2ccc(Cl)cc2c1CCNC(=O)CCOc1ccccc1. The maximum Gasteiger partial charge on any atom is 0.223 e. The first-order chi connectivity index (χ1) is 12.1. The maximum absolute atomic E-state index is 11.9. The second kappa shape index (κ2) is 8.08. The lowest BCUT2D eigenvalue weighted by atomic mass is 10.1. The van der Waals surface area contributed by atoms with Crippen molar-refractivity contribution in [3.8, 4) is 5.75 Å². The van der Waals surface area contributed by atoms with Gasteiger partial charge < -0.3 is 15.0 Å². The molecule has 0 spiro atoms. The Balaban J connectivity index is 1.47. The summed E-state index contributed by atoms with van der Waals surface area (Å²) >= 11 is 6.09. The van der Waals surface area contributed by atoms with E-state index in [0.29, 0.717) is 19.6 Å². The number of rotatable bonds is 7. The second-order valence-electron chi connectivity index (χ2n) is 5.93. The van der Waals surface area contributed by atoms with Gasteiger partial charge in [0.05, 0.1) is 13.0 Å². The summed E-state index contributed by atoms with van der Waals surface area (Å²) in [4.78, 5) is 15.3. The number of H-pyrrole nitrogens is 1. The van der Waals surface area contributed by atoms with Gasteiger partial charge in [-0.1, -0.05) is 29.8 Å². The third-order valence-electron chi connectivity index (χ3n) is 4.12. The largest absolute Gasteiger partial charge is 0.493 e. The van der Waals surface area contributed by atoms with Crippen LogP contribution in [-0.2, 0) is 11.2 Å². The van der Waals surface area contributed by atoms with Crippen molar-refractivity contribution in [1.29, 1.82) is 0 Å². The number of benzene rings is 2. The first-order valence-corrected chi connectivity index (χ1v) is 8.72. The van der Waals surface area contributed by atoms with Crippen LogP contribution in [0.3, 0.4) is 0 Å². The van der Waals surface area contributed by atoms with Crippen LogP contribution in [0.25, 0.3) is 10.9 Å². The molecule has 0 radical (unpaired) electrons. The molecule has 2 N–H and O–H groups in total. The lowest BCUT2D eigenvalue weighted by Gasteiger charge is -2.07. The highest BCUT2D eigenvalue weighted by atomic mass is 35.5. The number of ether oxygens (including phenoxy) is 1. The molecule has 130 valence electrons. The molecule has 2 aromatic carbocycles. The maximum atomic E-state index is 11.9. The Hall–Kier alpha value is -2.46. The third kappa shape index (κ3) is 4.54. The van der Waals surface area contributed by atoms with Crippen LogP contribution in [0.4, 0.5) is 0 Å². The van der Waals surface area contributed by atoms with E-state index in [9.17, 15) is 4.79 Å². The lowest BCUT2D eigenvalue weighted by molar-refractivity contribution is -0.121. The van der Waals surface area contributed by atoms with E-state index >= 15 is 0 Å². The van der Waals surface area contributed by atoms with Gasteiger partial charge in [0.2, 0.25) is 5.91 Å². The number of nitrogens with one attached hydrogen (secondary N) is 2. The Morgan fingerprint density at radius 2 is 2.00 bits per heavy atom. The number of aromatic nitrogens is 1. The van der Waals surface area contributed by atoms with Gasteiger partial charge in [-0.15, -0.1) is 0 Å². The number of aromatic amines is 1. The molecule has 0 unspecified atom stereocenters. The fraction of sp³-hybridized carbons (Fsp3) is 0.250. The first kappa shape index (κ1) is 17.4. The molecule has 0 saturated heterocycles. The van der Waals surface area contributed by atoms with Gasteiger partial charge in [0.1, 0.15) is 5.75 Å². The first-order valence-electron chi connectivity index (χ1n) is 8.35. The number of hydrogen-bond acceptors (Lipinski definition) is 2. The van der Waals surface area contributed by atoms with E-state index in [2.05, 4.69) is 10.3 Å². The Morgan fingerprint density at radius 3 is 2.80 bits per heavy atom. The van der Waals surface area contributed by atoms with E-state index in [1.807, 2.05) is 55.5 Å². The van der Waals surface area contributed by atoms with Crippen LogP contribution in [0.5, 0.6) is 5.75 Å². The summed E-state index contributed by atoms with van der Waals surface area (Å²) in [6.45, 7) is 3.00. The third-order valence-corrected chi connectivity index (χ3v) is 4.35. The quantitative estimate of drug-likeness (QED) is 0.664. The van der Waals surface area contributed by atoms with Gasteiger partial charge in [-0.25, -0.2) is 0 Å². The van der Waals surface area contributed by atoms with Crippen LogP contribution in [0.2, 0.25) is 5.02 Å². The highest BCUT2D eigenvalue weighted by molar-refractivity contribution is 6.31. The summed E-state index contributed by atoms with van der Waals surface area (Å²) < 4.78 is 5.54. The molecule has 25 heavy (non-hydrogen) atoms. The zero-order chi connectivity index (χ0) is 17.6. The van der Waals surface area contributed by atoms with Crippen molar-refractivity contribution in [2.24, 2.45) is 0 Å². The smallest absolute Gasteiger partial charge is 0.223 e. The summed E-state index contributed by atoms with van der Waals surface area (Å²) in [6.07, 6.45) is 1.10. The van der Waals surface area contributed by atoms with Crippen LogP contribution in [0.15, 0.2) is 48.5 Å². The zero-order valence-electron chi connectivity index (χ0n) is 14.1. The topological polar surface area (TPSA) is 54.1 Å². The molecule has 3 aromatic rings. The Kier molecular flexibility index (Phi) is 5.61. The van der Waals surface area contributed by atoms with Crippen LogP contribution < -0.4 is 10.1 Å². The number of aryl methyl sites for hydroxylation is 1. The number of amides is 1. The minimum Gasteiger partial charge on any atom is -0.493 e. The van der Waals surface area contributed by atoms with Crippen LogP contribution in [0.1, 0.15) is 17.7 Å². The molecule has 0 bridgehead atoms. The Morgan fingerprint density at radius 1 is 1.20 bits per heavy atom. The van der Waals surface area contributed by atoms with Crippen molar-refractivity contribution >= 4 is 28.4 Å². The highest BCUT2D eigenvalue weighted by Gasteiger charge is 2.09. The van der Waals surface area contributed by atoms with Gasteiger partial charge in [-0.2, -0.15) is 0 Å². The molecule has 0 fully saturated rings. The normalized spacial score (nSPS) is 10.8. The number of carbonyl (C=O) groups excluding carboxylic acids is 1. The Labute approximate surface area is 152 Å². The van der Waals surface area contributed by atoms with E-state index in [4.69, 9.17) is 16.3 Å². The minimum atomic E-state index is -0.00791. The number of halogens is 1. The second-order valence-corrected chi connectivity index (χ2v) is 6.37. The summed E-state index contributed by atoms with van der Waals surface area (Å²) in [6, 6.07) is 15.3. The number of hydrogen-bond donors (Lipinski definition) is 2. The van der Waals surface area contributed by atoms with E-state index in [1.165, 1.54) is 5.56 Å². The van der Waals surface area contributed by atoms with Crippen LogP contribution >= 0.6 is 11.6 Å². The van der Waals surface area contributed by atoms with E-state index in [1.54, 1.807) is 0 Å². The molecule has 1 aromatic heterocycles. The number of carbonyl (C=O) groups is 1. The lowest BCUT2D eigenvalue weighted by Crippen LogP contribution is -2.27. The van der Waals surface area contributed by atoms with Gasteiger partial charge in [0.25, 0.3) is 0 Å². The zero-order valence-corrected chi connectivity index (χ0v) is 14.9. The van der Waals surface area contributed by atoms with Gasteiger partial charge in [-0.3, -0.25) is 4.79 Å². The van der Waals surface area contributed by atoms with E-state index in [0.717, 1.165) is 33.8 Å². The molecular formula is C20H21ClN2O2. The van der Waals surface area contributed by atoms with Crippen molar-refractivity contribution < 1.29 is 9.53 Å². The number of fused-ring (bicyclic) bond motifs is 1. The number of para-hydroxylation sites is 1. The van der Waals surface area contributed by atoms with Gasteiger partial charge in [-0.05, 0) is 49.2 Å². The minimum absolute atomic E-state index is 0.00791. The van der Waals surface area contributed by atoms with Crippen LogP contribution in [-0.4, -0.2) is 24.0 Å².